The molecule has 0 heterocycles. The number of hydrogen-bond donors (Lipinski definition) is 2. The van der Waals surface area contributed by atoms with Gasteiger partial charge in [0.05, 0.1) is 25.3 Å². The van der Waals surface area contributed by atoms with E-state index in [1.165, 1.54) is 7.11 Å². The first kappa shape index (κ1) is 14.7. The topological polar surface area (TPSA) is 58.9 Å². The van der Waals surface area contributed by atoms with E-state index in [2.05, 4.69) is 0 Å². The molecule has 4 nitrogen and oxygen atoms in total. The van der Waals surface area contributed by atoms with Gasteiger partial charge in [-0.3, -0.25) is 0 Å². The van der Waals surface area contributed by atoms with E-state index < -0.39 is 0 Å². The number of ether oxygens (including phenoxy) is 2. The normalized spacial score (nSPS) is 10.4. The Bertz CT molecular complexity index is 598. The zero-order valence-electron chi connectivity index (χ0n) is 11.0. The summed E-state index contributed by atoms with van der Waals surface area (Å²) in [7, 11) is 1.52. The van der Waals surface area contributed by atoms with Crippen LogP contribution in [0.4, 0.5) is 0 Å². The molecule has 0 fully saturated rings. The van der Waals surface area contributed by atoms with Crippen molar-refractivity contribution in [3.63, 3.8) is 0 Å². The van der Waals surface area contributed by atoms with Crippen molar-refractivity contribution in [3.05, 3.63) is 52.5 Å². The summed E-state index contributed by atoms with van der Waals surface area (Å²) in [5.74, 6) is 1.35. The first-order valence-electron chi connectivity index (χ1n) is 6.03. The smallest absolute Gasteiger partial charge is 0.169 e. The Morgan fingerprint density at radius 3 is 2.50 bits per heavy atom. The zero-order valence-corrected chi connectivity index (χ0v) is 11.7. The van der Waals surface area contributed by atoms with E-state index >= 15 is 0 Å². The molecule has 0 amide bonds. The highest BCUT2D eigenvalue weighted by Gasteiger charge is 2.12. The van der Waals surface area contributed by atoms with E-state index in [1.807, 2.05) is 0 Å². The van der Waals surface area contributed by atoms with Crippen LogP contribution in [0.5, 0.6) is 17.2 Å². The average Bonchev–Trinajstić information content (AvgIpc) is 2.49. The Morgan fingerprint density at radius 2 is 1.85 bits per heavy atom. The number of aliphatic hydroxyl groups excluding tert-OH is 2. The van der Waals surface area contributed by atoms with Crippen molar-refractivity contribution < 1.29 is 19.7 Å². The highest BCUT2D eigenvalue weighted by molar-refractivity contribution is 6.32. The standard InChI is InChI=1S/C15H15ClO4/c1-19-14-7-10(8-17)5-6-13(14)20-15-11(9-18)3-2-4-12(15)16/h2-7,17-18H,8-9H2,1H3. The van der Waals surface area contributed by atoms with E-state index in [1.54, 1.807) is 36.4 Å². The molecule has 0 aliphatic heterocycles. The SMILES string of the molecule is COc1cc(CO)ccc1Oc1c(Cl)cccc1CO. The van der Waals surface area contributed by atoms with Crippen molar-refractivity contribution in [2.75, 3.05) is 7.11 Å². The third-order valence-electron chi connectivity index (χ3n) is 2.84. The number of para-hydroxylation sites is 1. The second kappa shape index (κ2) is 6.61. The van der Waals surface area contributed by atoms with Gasteiger partial charge in [-0.1, -0.05) is 29.8 Å². The van der Waals surface area contributed by atoms with Crippen LogP contribution in [-0.4, -0.2) is 17.3 Å². The van der Waals surface area contributed by atoms with Crippen molar-refractivity contribution in [2.45, 2.75) is 13.2 Å². The molecule has 0 aliphatic rings. The molecule has 0 unspecified atom stereocenters. The number of methoxy groups -OCH3 is 1. The highest BCUT2D eigenvalue weighted by Crippen LogP contribution is 2.37. The van der Waals surface area contributed by atoms with Crippen molar-refractivity contribution in [3.8, 4) is 17.2 Å². The van der Waals surface area contributed by atoms with E-state index in [-0.39, 0.29) is 13.2 Å². The minimum Gasteiger partial charge on any atom is -0.493 e. The van der Waals surface area contributed by atoms with Gasteiger partial charge in [0.25, 0.3) is 0 Å². The summed E-state index contributed by atoms with van der Waals surface area (Å²) < 4.78 is 11.0. The van der Waals surface area contributed by atoms with Crippen molar-refractivity contribution >= 4 is 11.6 Å². The molecule has 5 heteroatoms. The molecule has 0 aliphatic carbocycles. The van der Waals surface area contributed by atoms with Crippen LogP contribution in [0.1, 0.15) is 11.1 Å². The molecular weight excluding hydrogens is 280 g/mol. The third-order valence-corrected chi connectivity index (χ3v) is 3.14. The quantitative estimate of drug-likeness (QED) is 0.889. The Balaban J connectivity index is 2.39. The van der Waals surface area contributed by atoms with Crippen LogP contribution in [0, 0.1) is 0 Å². The van der Waals surface area contributed by atoms with Gasteiger partial charge in [0.1, 0.15) is 0 Å². The van der Waals surface area contributed by atoms with Crippen molar-refractivity contribution in [1.29, 1.82) is 0 Å². The fraction of sp³-hybridized carbons (Fsp3) is 0.200. The van der Waals surface area contributed by atoms with E-state index in [9.17, 15) is 5.11 Å². The number of aliphatic hydroxyl groups is 2. The summed E-state index contributed by atoms with van der Waals surface area (Å²) in [6.07, 6.45) is 0. The van der Waals surface area contributed by atoms with Gasteiger partial charge in [-0.05, 0) is 23.8 Å². The number of hydrogen-bond acceptors (Lipinski definition) is 4. The van der Waals surface area contributed by atoms with E-state index in [4.69, 9.17) is 26.2 Å². The van der Waals surface area contributed by atoms with E-state index in [0.29, 0.717) is 27.8 Å². The lowest BCUT2D eigenvalue weighted by Crippen LogP contribution is -1.96. The minimum absolute atomic E-state index is 0.0787. The second-order valence-electron chi connectivity index (χ2n) is 4.13. The lowest BCUT2D eigenvalue weighted by atomic mass is 10.2. The summed E-state index contributed by atoms with van der Waals surface area (Å²) in [6.45, 7) is -0.252. The maximum absolute atomic E-state index is 9.33. The van der Waals surface area contributed by atoms with Crippen molar-refractivity contribution in [1.82, 2.24) is 0 Å². The summed E-state index contributed by atoms with van der Waals surface area (Å²) in [5.41, 5.74) is 1.31. The van der Waals surface area contributed by atoms with Crippen LogP contribution in [0.25, 0.3) is 0 Å². The fourth-order valence-corrected chi connectivity index (χ4v) is 2.03. The molecule has 20 heavy (non-hydrogen) atoms. The largest absolute Gasteiger partial charge is 0.493 e. The molecule has 2 N–H and O–H groups in total. The Labute approximate surface area is 122 Å². The maximum Gasteiger partial charge on any atom is 0.169 e. The van der Waals surface area contributed by atoms with Crippen LogP contribution in [-0.2, 0) is 13.2 Å². The molecule has 106 valence electrons. The first-order valence-corrected chi connectivity index (χ1v) is 6.41. The molecule has 0 bridgehead atoms. The van der Waals surface area contributed by atoms with Crippen LogP contribution in [0.15, 0.2) is 36.4 Å². The predicted molar refractivity (Wildman–Crippen MR) is 76.4 cm³/mol. The average molecular weight is 295 g/mol. The summed E-state index contributed by atoms with van der Waals surface area (Å²) in [6, 6.07) is 10.3. The maximum atomic E-state index is 9.33. The molecule has 0 saturated carbocycles. The molecular formula is C15H15ClO4. The third kappa shape index (κ3) is 3.04. The van der Waals surface area contributed by atoms with Gasteiger partial charge in [-0.15, -0.1) is 0 Å². The first-order chi connectivity index (χ1) is 9.69. The Kier molecular flexibility index (Phi) is 4.84. The van der Waals surface area contributed by atoms with Gasteiger partial charge >= 0.3 is 0 Å². The zero-order chi connectivity index (χ0) is 14.5. The molecule has 2 aromatic carbocycles. The van der Waals surface area contributed by atoms with Gasteiger partial charge in [0.2, 0.25) is 0 Å². The van der Waals surface area contributed by atoms with Crippen LogP contribution < -0.4 is 9.47 Å². The second-order valence-corrected chi connectivity index (χ2v) is 4.54. The molecule has 0 saturated heterocycles. The summed E-state index contributed by atoms with van der Waals surface area (Å²) >= 11 is 6.10. The minimum atomic E-state index is -0.174. The lowest BCUT2D eigenvalue weighted by molar-refractivity contribution is 0.275. The Hall–Kier alpha value is -1.75. The lowest BCUT2D eigenvalue weighted by Gasteiger charge is -2.14. The Morgan fingerprint density at radius 1 is 1.05 bits per heavy atom. The molecule has 2 aromatic rings. The number of rotatable bonds is 5. The molecule has 0 aromatic heterocycles. The predicted octanol–water partition coefficient (Wildman–Crippen LogP) is 3.13. The van der Waals surface area contributed by atoms with Gasteiger partial charge in [0, 0.05) is 5.56 Å². The van der Waals surface area contributed by atoms with Gasteiger partial charge in [-0.2, -0.15) is 0 Å². The van der Waals surface area contributed by atoms with E-state index in [0.717, 1.165) is 5.56 Å². The van der Waals surface area contributed by atoms with Crippen molar-refractivity contribution in [2.24, 2.45) is 0 Å². The molecule has 2 rings (SSSR count). The summed E-state index contributed by atoms with van der Waals surface area (Å²) in [5, 5.41) is 18.8. The molecule has 0 radical (unpaired) electrons. The van der Waals surface area contributed by atoms with Crippen LogP contribution >= 0.6 is 11.6 Å². The van der Waals surface area contributed by atoms with Crippen LogP contribution in [0.2, 0.25) is 5.02 Å². The number of benzene rings is 2. The van der Waals surface area contributed by atoms with Gasteiger partial charge in [-0.25, -0.2) is 0 Å². The highest BCUT2D eigenvalue weighted by atomic mass is 35.5. The van der Waals surface area contributed by atoms with Gasteiger partial charge in [0.15, 0.2) is 17.2 Å². The number of halogens is 1. The monoisotopic (exact) mass is 294 g/mol. The van der Waals surface area contributed by atoms with Gasteiger partial charge < -0.3 is 19.7 Å². The molecule has 0 spiro atoms. The fourth-order valence-electron chi connectivity index (χ4n) is 1.80. The van der Waals surface area contributed by atoms with Crippen LogP contribution in [0.3, 0.4) is 0 Å². The summed E-state index contributed by atoms with van der Waals surface area (Å²) in [4.78, 5) is 0. The molecule has 0 atom stereocenters.